The summed E-state index contributed by atoms with van der Waals surface area (Å²) < 4.78 is 19.2. The minimum absolute atomic E-state index is 0.865. The predicted molar refractivity (Wildman–Crippen MR) is 360 cm³/mol. The second kappa shape index (κ2) is 17.6. The molecule has 0 saturated carbocycles. The summed E-state index contributed by atoms with van der Waals surface area (Å²) in [6.45, 7) is 4.43. The number of nitrogens with zero attached hydrogens (tertiary/aromatic N) is 4. The first kappa shape index (κ1) is 47.2. The van der Waals surface area contributed by atoms with E-state index in [1.807, 2.05) is 0 Å². The van der Waals surface area contributed by atoms with Crippen molar-refractivity contribution in [3.05, 3.63) is 278 Å². The SMILES string of the molecule is Cc1ccc2c(oc3ccccc32)c1N(c1ccccc1)c1ccc2c3c(-c4ccccc4)c4c(c(-c5ccccc5)c3n3c5ccccc5c1c23)c1ccc(N(c2ccccc2)c2c(C)ccc3c2oc2ccccc23)c2c3ccccc3n4c12. The largest absolute Gasteiger partial charge is 0.454 e. The van der Waals surface area contributed by atoms with Gasteiger partial charge in [0.2, 0.25) is 0 Å². The van der Waals surface area contributed by atoms with Gasteiger partial charge in [-0.3, -0.25) is 0 Å². The first-order chi connectivity index (χ1) is 42.6. The number of hydrogen-bond acceptors (Lipinski definition) is 4. The van der Waals surface area contributed by atoms with Gasteiger partial charge in [0.15, 0.2) is 11.2 Å². The molecule has 0 saturated heterocycles. The molecule has 0 spiro atoms. The van der Waals surface area contributed by atoms with Crippen LogP contribution in [0, 0.1) is 13.8 Å². The third kappa shape index (κ3) is 6.23. The lowest BCUT2D eigenvalue weighted by molar-refractivity contribution is 0.668. The van der Waals surface area contributed by atoms with Crippen molar-refractivity contribution in [1.82, 2.24) is 8.80 Å². The molecule has 0 bridgehead atoms. The van der Waals surface area contributed by atoms with E-state index >= 15 is 0 Å². The average Bonchev–Trinajstić information content (AvgIpc) is 1.51. The Balaban J connectivity index is 1.00. The molecule has 13 aromatic carbocycles. The molecule has 6 heterocycles. The zero-order chi connectivity index (χ0) is 56.5. The molecule has 0 aliphatic heterocycles. The third-order valence-corrected chi connectivity index (χ3v) is 18.5. The topological polar surface area (TPSA) is 41.6 Å². The van der Waals surface area contributed by atoms with E-state index in [1.54, 1.807) is 0 Å². The lowest BCUT2D eigenvalue weighted by atomic mass is 9.89. The van der Waals surface area contributed by atoms with Crippen molar-refractivity contribution >= 4 is 154 Å². The Morgan fingerprint density at radius 3 is 1.05 bits per heavy atom. The lowest BCUT2D eigenvalue weighted by Gasteiger charge is -2.28. The summed E-state index contributed by atoms with van der Waals surface area (Å²) in [6, 6.07) is 97.5. The summed E-state index contributed by atoms with van der Waals surface area (Å²) in [5.74, 6) is 0. The number of aromatic nitrogens is 2. The zero-order valence-electron chi connectivity index (χ0n) is 47.0. The molecule has 6 aromatic heterocycles. The molecule has 6 heteroatoms. The maximum Gasteiger partial charge on any atom is 0.159 e. The molecule has 0 unspecified atom stereocenters. The maximum atomic E-state index is 6.97. The van der Waals surface area contributed by atoms with E-state index in [9.17, 15) is 0 Å². The van der Waals surface area contributed by atoms with Crippen LogP contribution < -0.4 is 9.80 Å². The molecule has 0 atom stereocenters. The molecule has 0 N–H and O–H groups in total. The first-order valence-electron chi connectivity index (χ1n) is 29.6. The van der Waals surface area contributed by atoms with Gasteiger partial charge in [0, 0.05) is 87.1 Å². The first-order valence-corrected chi connectivity index (χ1v) is 29.6. The van der Waals surface area contributed by atoms with Crippen molar-refractivity contribution in [2.24, 2.45) is 0 Å². The standard InChI is InChI=1S/C80H50N4O2/c1-47-39-41-55-53-31-17-21-37-65(53)85-79(55)73(47)81(51-27-11-5-12-28-51)63-45-43-59-71-67(49-23-7-3-8-24-49)78-72(68(50-25-9-4-10-26-50)77(71)83-61-35-19-15-33-57(61)69(63)75(59)83)60-44-46-64(70-58-34-16-20-36-62(58)84(78)76(60)70)82(52-29-13-6-14-30-52)74-48(2)40-42-56-54-32-18-22-38-66(54)86-80(56)74/h3-46H,1-2H3. The number of fused-ring (bicyclic) bond motifs is 18. The minimum Gasteiger partial charge on any atom is -0.454 e. The van der Waals surface area contributed by atoms with Crippen LogP contribution in [0.5, 0.6) is 0 Å². The Morgan fingerprint density at radius 1 is 0.279 bits per heavy atom. The summed E-state index contributed by atoms with van der Waals surface area (Å²) in [4.78, 5) is 4.92. The molecule has 0 amide bonds. The molecule has 19 aromatic rings. The maximum absolute atomic E-state index is 6.97. The molecule has 86 heavy (non-hydrogen) atoms. The van der Waals surface area contributed by atoms with Crippen LogP contribution >= 0.6 is 0 Å². The molecule has 0 aliphatic rings. The van der Waals surface area contributed by atoms with Gasteiger partial charge in [0.05, 0.1) is 55.8 Å². The summed E-state index contributed by atoms with van der Waals surface area (Å²) in [6.07, 6.45) is 0. The second-order valence-electron chi connectivity index (χ2n) is 23.1. The molecular formula is C80H50N4O2. The highest BCUT2D eigenvalue weighted by atomic mass is 16.3. The smallest absolute Gasteiger partial charge is 0.159 e. The summed E-state index contributed by atoms with van der Waals surface area (Å²) >= 11 is 0. The third-order valence-electron chi connectivity index (χ3n) is 18.5. The van der Waals surface area contributed by atoms with Crippen LogP contribution in [0.2, 0.25) is 0 Å². The van der Waals surface area contributed by atoms with Gasteiger partial charge in [-0.15, -0.1) is 0 Å². The van der Waals surface area contributed by atoms with Crippen molar-refractivity contribution in [2.45, 2.75) is 13.8 Å². The highest BCUT2D eigenvalue weighted by molar-refractivity contribution is 6.40. The summed E-state index contributed by atoms with van der Waals surface area (Å²) in [5, 5.41) is 13.9. The number of hydrogen-bond donors (Lipinski definition) is 0. The van der Waals surface area contributed by atoms with Gasteiger partial charge in [0.1, 0.15) is 11.2 Å². The number of para-hydroxylation sites is 6. The van der Waals surface area contributed by atoms with Crippen LogP contribution in [0.1, 0.15) is 11.1 Å². The van der Waals surface area contributed by atoms with E-state index in [4.69, 9.17) is 8.83 Å². The number of furan rings is 2. The molecule has 19 rings (SSSR count). The van der Waals surface area contributed by atoms with Gasteiger partial charge >= 0.3 is 0 Å². The van der Waals surface area contributed by atoms with Gasteiger partial charge in [-0.05, 0) is 96.8 Å². The van der Waals surface area contributed by atoms with E-state index in [1.165, 1.54) is 76.3 Å². The fourth-order valence-electron chi connectivity index (χ4n) is 15.1. The van der Waals surface area contributed by atoms with Gasteiger partial charge in [-0.25, -0.2) is 0 Å². The van der Waals surface area contributed by atoms with E-state index in [0.29, 0.717) is 0 Å². The lowest BCUT2D eigenvalue weighted by Crippen LogP contribution is -2.12. The van der Waals surface area contributed by atoms with Crippen LogP contribution in [-0.2, 0) is 0 Å². The Bertz CT molecular complexity index is 5610. The van der Waals surface area contributed by atoms with Gasteiger partial charge in [-0.2, -0.15) is 0 Å². The van der Waals surface area contributed by atoms with Gasteiger partial charge in [-0.1, -0.05) is 206 Å². The van der Waals surface area contributed by atoms with Crippen LogP contribution in [0.3, 0.4) is 0 Å². The van der Waals surface area contributed by atoms with E-state index in [-0.39, 0.29) is 0 Å². The van der Waals surface area contributed by atoms with Crippen LogP contribution in [0.15, 0.2) is 276 Å². The van der Waals surface area contributed by atoms with Crippen LogP contribution in [0.4, 0.5) is 34.1 Å². The molecule has 6 nitrogen and oxygen atoms in total. The van der Waals surface area contributed by atoms with Crippen LogP contribution in [0.25, 0.3) is 142 Å². The molecule has 0 fully saturated rings. The number of aryl methyl sites for hydroxylation is 2. The fourth-order valence-corrected chi connectivity index (χ4v) is 15.1. The molecule has 402 valence electrons. The van der Waals surface area contributed by atoms with Gasteiger partial charge < -0.3 is 27.4 Å². The zero-order valence-corrected chi connectivity index (χ0v) is 47.0. The van der Waals surface area contributed by atoms with Gasteiger partial charge in [0.25, 0.3) is 0 Å². The number of benzene rings is 13. The molecule has 0 aliphatic carbocycles. The van der Waals surface area contributed by atoms with Crippen molar-refractivity contribution in [1.29, 1.82) is 0 Å². The predicted octanol–water partition coefficient (Wildman–Crippen LogP) is 22.7. The van der Waals surface area contributed by atoms with E-state index in [2.05, 4.69) is 299 Å². The van der Waals surface area contributed by atoms with Crippen LogP contribution in [-0.4, -0.2) is 8.80 Å². The Morgan fingerprint density at radius 2 is 0.628 bits per heavy atom. The Labute approximate surface area is 493 Å². The summed E-state index contributed by atoms with van der Waals surface area (Å²) in [7, 11) is 0. The Kier molecular flexibility index (Phi) is 9.65. The quantitative estimate of drug-likeness (QED) is 0.152. The Hall–Kier alpha value is -11.3. The normalized spacial score (nSPS) is 12.3. The van der Waals surface area contributed by atoms with E-state index in [0.717, 1.165) is 111 Å². The highest BCUT2D eigenvalue weighted by Gasteiger charge is 2.35. The fraction of sp³-hybridized carbons (Fsp3) is 0.0250. The number of anilines is 6. The molecular weight excluding hydrogens is 1050 g/mol. The van der Waals surface area contributed by atoms with Crippen molar-refractivity contribution in [3.8, 4) is 22.3 Å². The molecule has 0 radical (unpaired) electrons. The van der Waals surface area contributed by atoms with E-state index < -0.39 is 0 Å². The second-order valence-corrected chi connectivity index (χ2v) is 23.1. The monoisotopic (exact) mass is 1100 g/mol. The van der Waals surface area contributed by atoms with Crippen molar-refractivity contribution in [3.63, 3.8) is 0 Å². The number of rotatable bonds is 8. The van der Waals surface area contributed by atoms with Crippen molar-refractivity contribution in [2.75, 3.05) is 9.80 Å². The minimum atomic E-state index is 0.865. The highest BCUT2D eigenvalue weighted by Crippen LogP contribution is 2.58. The summed E-state index contributed by atoms with van der Waals surface area (Å²) in [5.41, 5.74) is 23.7. The average molecular weight is 1100 g/mol. The van der Waals surface area contributed by atoms with Crippen molar-refractivity contribution < 1.29 is 8.83 Å².